The van der Waals surface area contributed by atoms with E-state index < -0.39 is 0 Å². The number of nitrogens with one attached hydrogen (secondary N) is 2. The van der Waals surface area contributed by atoms with Crippen LogP contribution in [0.4, 0.5) is 0 Å². The summed E-state index contributed by atoms with van der Waals surface area (Å²) in [7, 11) is 4.80. The Morgan fingerprint density at radius 3 is 2.42 bits per heavy atom. The molecular formula is C20H22N2O4. The lowest BCUT2D eigenvalue weighted by Gasteiger charge is -2.10. The van der Waals surface area contributed by atoms with E-state index in [4.69, 9.17) is 14.2 Å². The number of fused-ring (bicyclic) bond motifs is 1. The summed E-state index contributed by atoms with van der Waals surface area (Å²) in [6, 6.07) is 11.4. The Morgan fingerprint density at radius 2 is 1.69 bits per heavy atom. The van der Waals surface area contributed by atoms with Gasteiger partial charge in [-0.25, -0.2) is 0 Å². The van der Waals surface area contributed by atoms with E-state index in [0.717, 1.165) is 22.2 Å². The van der Waals surface area contributed by atoms with Crippen molar-refractivity contribution in [2.75, 3.05) is 27.9 Å². The predicted molar refractivity (Wildman–Crippen MR) is 100 cm³/mol. The first-order valence-electron chi connectivity index (χ1n) is 8.31. The summed E-state index contributed by atoms with van der Waals surface area (Å²) in [4.78, 5) is 15.7. The molecule has 2 aromatic carbocycles. The van der Waals surface area contributed by atoms with Gasteiger partial charge in [0.25, 0.3) is 5.91 Å². The highest BCUT2D eigenvalue weighted by atomic mass is 16.5. The standard InChI is InChI=1S/C20H22N2O4/c1-24-17-7-5-4-6-13(17)8-9-21-20(23)15-12-22-16-11-19(26-3)18(25-2)10-14(15)16/h4-7,10-12,22H,8-9H2,1-3H3,(H,21,23). The average Bonchev–Trinajstić information content (AvgIpc) is 3.09. The number of methoxy groups -OCH3 is 3. The molecule has 136 valence electrons. The lowest BCUT2D eigenvalue weighted by Crippen LogP contribution is -2.25. The van der Waals surface area contributed by atoms with Crippen molar-refractivity contribution in [3.8, 4) is 17.2 Å². The number of para-hydroxylation sites is 1. The number of hydrogen-bond acceptors (Lipinski definition) is 4. The Labute approximate surface area is 152 Å². The van der Waals surface area contributed by atoms with Crippen LogP contribution in [0, 0.1) is 0 Å². The summed E-state index contributed by atoms with van der Waals surface area (Å²) >= 11 is 0. The summed E-state index contributed by atoms with van der Waals surface area (Å²) in [5.41, 5.74) is 2.44. The maximum Gasteiger partial charge on any atom is 0.253 e. The van der Waals surface area contributed by atoms with Crippen LogP contribution >= 0.6 is 0 Å². The zero-order valence-electron chi connectivity index (χ0n) is 15.1. The second kappa shape index (κ2) is 7.82. The van der Waals surface area contributed by atoms with Crippen molar-refractivity contribution < 1.29 is 19.0 Å². The molecule has 2 N–H and O–H groups in total. The summed E-state index contributed by atoms with van der Waals surface area (Å²) < 4.78 is 16.0. The molecule has 3 rings (SSSR count). The predicted octanol–water partition coefficient (Wildman–Crippen LogP) is 3.17. The SMILES string of the molecule is COc1ccccc1CCNC(=O)c1c[nH]c2cc(OC)c(OC)cc12. The van der Waals surface area contributed by atoms with E-state index in [1.54, 1.807) is 33.6 Å². The maximum absolute atomic E-state index is 12.6. The molecular weight excluding hydrogens is 332 g/mol. The lowest BCUT2D eigenvalue weighted by atomic mass is 10.1. The summed E-state index contributed by atoms with van der Waals surface area (Å²) in [6.45, 7) is 0.513. The van der Waals surface area contributed by atoms with E-state index in [-0.39, 0.29) is 5.91 Å². The highest BCUT2D eigenvalue weighted by molar-refractivity contribution is 6.07. The van der Waals surface area contributed by atoms with Crippen LogP contribution in [0.2, 0.25) is 0 Å². The van der Waals surface area contributed by atoms with Crippen LogP contribution in [0.3, 0.4) is 0 Å². The molecule has 26 heavy (non-hydrogen) atoms. The van der Waals surface area contributed by atoms with Crippen LogP contribution in [0.25, 0.3) is 10.9 Å². The molecule has 0 bridgehead atoms. The third kappa shape index (κ3) is 3.44. The molecule has 0 atom stereocenters. The van der Waals surface area contributed by atoms with Gasteiger partial charge < -0.3 is 24.5 Å². The summed E-state index contributed by atoms with van der Waals surface area (Å²) in [6.07, 6.45) is 2.39. The van der Waals surface area contributed by atoms with E-state index in [2.05, 4.69) is 10.3 Å². The molecule has 6 heteroatoms. The quantitative estimate of drug-likeness (QED) is 0.684. The van der Waals surface area contributed by atoms with Crippen LogP contribution in [-0.4, -0.2) is 38.8 Å². The molecule has 0 saturated heterocycles. The molecule has 0 radical (unpaired) electrons. The topological polar surface area (TPSA) is 72.6 Å². The van der Waals surface area contributed by atoms with Gasteiger partial charge in [0.1, 0.15) is 5.75 Å². The van der Waals surface area contributed by atoms with Crippen molar-refractivity contribution in [1.82, 2.24) is 10.3 Å². The minimum absolute atomic E-state index is 0.140. The van der Waals surface area contributed by atoms with E-state index in [0.29, 0.717) is 30.0 Å². The zero-order valence-corrected chi connectivity index (χ0v) is 15.1. The minimum Gasteiger partial charge on any atom is -0.496 e. The smallest absolute Gasteiger partial charge is 0.253 e. The van der Waals surface area contributed by atoms with Gasteiger partial charge in [-0.2, -0.15) is 0 Å². The number of benzene rings is 2. The normalized spacial score (nSPS) is 10.6. The maximum atomic E-state index is 12.6. The fraction of sp³-hybridized carbons (Fsp3) is 0.250. The Bertz CT molecular complexity index is 917. The molecule has 6 nitrogen and oxygen atoms in total. The molecule has 0 unspecified atom stereocenters. The second-order valence-corrected chi connectivity index (χ2v) is 5.77. The first-order valence-corrected chi connectivity index (χ1v) is 8.31. The number of aromatic amines is 1. The van der Waals surface area contributed by atoms with Gasteiger partial charge in [-0.3, -0.25) is 4.79 Å². The van der Waals surface area contributed by atoms with Gasteiger partial charge in [0, 0.05) is 24.2 Å². The van der Waals surface area contributed by atoms with Gasteiger partial charge in [0.05, 0.1) is 32.4 Å². The molecule has 0 fully saturated rings. The van der Waals surface area contributed by atoms with E-state index in [1.165, 1.54) is 0 Å². The number of carbonyl (C=O) groups is 1. The Hall–Kier alpha value is -3.15. The van der Waals surface area contributed by atoms with Crippen molar-refractivity contribution in [2.24, 2.45) is 0 Å². The number of aromatic nitrogens is 1. The molecule has 3 aromatic rings. The summed E-state index contributed by atoms with van der Waals surface area (Å²) in [5.74, 6) is 1.89. The highest BCUT2D eigenvalue weighted by Crippen LogP contribution is 2.33. The van der Waals surface area contributed by atoms with Crippen molar-refractivity contribution in [3.63, 3.8) is 0 Å². The van der Waals surface area contributed by atoms with Gasteiger partial charge in [0.2, 0.25) is 0 Å². The molecule has 1 amide bonds. The van der Waals surface area contributed by atoms with Crippen LogP contribution in [0.1, 0.15) is 15.9 Å². The molecule has 1 heterocycles. The van der Waals surface area contributed by atoms with Crippen LogP contribution in [0.5, 0.6) is 17.2 Å². The molecule has 0 aliphatic heterocycles. The third-order valence-corrected chi connectivity index (χ3v) is 4.30. The first kappa shape index (κ1) is 17.7. The van der Waals surface area contributed by atoms with E-state index in [1.807, 2.05) is 30.3 Å². The van der Waals surface area contributed by atoms with Gasteiger partial charge in [-0.1, -0.05) is 18.2 Å². The van der Waals surface area contributed by atoms with Crippen molar-refractivity contribution in [2.45, 2.75) is 6.42 Å². The molecule has 0 aliphatic carbocycles. The number of ether oxygens (including phenoxy) is 3. The molecule has 0 aliphatic rings. The fourth-order valence-corrected chi connectivity index (χ4v) is 2.95. The van der Waals surface area contributed by atoms with Gasteiger partial charge in [0.15, 0.2) is 11.5 Å². The highest BCUT2D eigenvalue weighted by Gasteiger charge is 2.15. The van der Waals surface area contributed by atoms with Crippen LogP contribution < -0.4 is 19.5 Å². The lowest BCUT2D eigenvalue weighted by molar-refractivity contribution is 0.0955. The van der Waals surface area contributed by atoms with Gasteiger partial charge >= 0.3 is 0 Å². The number of carbonyl (C=O) groups excluding carboxylic acids is 1. The van der Waals surface area contributed by atoms with Crippen molar-refractivity contribution in [1.29, 1.82) is 0 Å². The molecule has 1 aromatic heterocycles. The van der Waals surface area contributed by atoms with Crippen molar-refractivity contribution in [3.05, 3.63) is 53.7 Å². The average molecular weight is 354 g/mol. The molecule has 0 saturated carbocycles. The number of hydrogen-bond donors (Lipinski definition) is 2. The number of H-pyrrole nitrogens is 1. The minimum atomic E-state index is -0.140. The van der Waals surface area contributed by atoms with Crippen molar-refractivity contribution >= 4 is 16.8 Å². The monoisotopic (exact) mass is 354 g/mol. The third-order valence-electron chi connectivity index (χ3n) is 4.30. The van der Waals surface area contributed by atoms with Crippen LogP contribution in [-0.2, 0) is 6.42 Å². The fourth-order valence-electron chi connectivity index (χ4n) is 2.95. The molecule has 0 spiro atoms. The van der Waals surface area contributed by atoms with Crippen LogP contribution in [0.15, 0.2) is 42.6 Å². The Morgan fingerprint density at radius 1 is 1.00 bits per heavy atom. The zero-order chi connectivity index (χ0) is 18.5. The van der Waals surface area contributed by atoms with Gasteiger partial charge in [-0.15, -0.1) is 0 Å². The Kier molecular flexibility index (Phi) is 5.31. The second-order valence-electron chi connectivity index (χ2n) is 5.77. The van der Waals surface area contributed by atoms with Gasteiger partial charge in [-0.05, 0) is 24.1 Å². The number of rotatable bonds is 7. The van der Waals surface area contributed by atoms with E-state index >= 15 is 0 Å². The summed E-state index contributed by atoms with van der Waals surface area (Å²) in [5, 5.41) is 3.75. The number of amides is 1. The largest absolute Gasteiger partial charge is 0.496 e. The first-order chi connectivity index (χ1) is 12.7. The van der Waals surface area contributed by atoms with E-state index in [9.17, 15) is 4.79 Å². The Balaban J connectivity index is 1.74.